The van der Waals surface area contributed by atoms with Crippen molar-refractivity contribution in [1.29, 1.82) is 0 Å². The van der Waals surface area contributed by atoms with Crippen LogP contribution in [0.15, 0.2) is 42.6 Å². The molecule has 0 N–H and O–H groups in total. The average Bonchev–Trinajstić information content (AvgIpc) is 2.29. The molecule has 0 fully saturated rings. The summed E-state index contributed by atoms with van der Waals surface area (Å²) in [5, 5.41) is 7.66. The smallest absolute Gasteiger partial charge is 0.132 e. The molecule has 2 rings (SSSR count). The zero-order valence-corrected chi connectivity index (χ0v) is 7.55. The van der Waals surface area contributed by atoms with Crippen molar-refractivity contribution in [3.8, 4) is 5.75 Å². The molecule has 0 aliphatic carbocycles. The van der Waals surface area contributed by atoms with E-state index < -0.39 is 0 Å². The van der Waals surface area contributed by atoms with Crippen LogP contribution in [-0.2, 0) is 6.61 Å². The summed E-state index contributed by atoms with van der Waals surface area (Å²) in [6.45, 7) is 0.425. The van der Waals surface area contributed by atoms with Gasteiger partial charge in [-0.3, -0.25) is 0 Å². The molecule has 69 valence electrons. The molecule has 0 aliphatic rings. The van der Waals surface area contributed by atoms with Gasteiger partial charge in [-0.2, -0.15) is 10.2 Å². The molecule has 1 radical (unpaired) electrons. The lowest BCUT2D eigenvalue weighted by molar-refractivity contribution is 0.299. The van der Waals surface area contributed by atoms with E-state index in [9.17, 15) is 0 Å². The lowest BCUT2D eigenvalue weighted by Gasteiger charge is -2.03. The van der Waals surface area contributed by atoms with Gasteiger partial charge in [0.2, 0.25) is 0 Å². The molecule has 0 bridgehead atoms. The van der Waals surface area contributed by atoms with E-state index in [1.165, 1.54) is 0 Å². The van der Waals surface area contributed by atoms with E-state index in [1.54, 1.807) is 6.20 Å². The minimum absolute atomic E-state index is 0.425. The number of para-hydroxylation sites is 1. The molecule has 2 aromatic rings. The highest BCUT2D eigenvalue weighted by Gasteiger charge is 1.95. The number of ether oxygens (including phenoxy) is 1. The van der Waals surface area contributed by atoms with Gasteiger partial charge in [0.1, 0.15) is 18.1 Å². The van der Waals surface area contributed by atoms with Crippen LogP contribution in [0.4, 0.5) is 0 Å². The monoisotopic (exact) mass is 185 g/mol. The Labute approximate surface area is 82.4 Å². The Balaban J connectivity index is 1.96. The fourth-order valence-electron chi connectivity index (χ4n) is 1.03. The van der Waals surface area contributed by atoms with Crippen LogP contribution in [0.5, 0.6) is 5.75 Å². The van der Waals surface area contributed by atoms with Crippen molar-refractivity contribution in [1.82, 2.24) is 10.2 Å². The predicted molar refractivity (Wildman–Crippen MR) is 51.6 cm³/mol. The van der Waals surface area contributed by atoms with Crippen LogP contribution in [0.1, 0.15) is 5.69 Å². The highest BCUT2D eigenvalue weighted by atomic mass is 16.5. The van der Waals surface area contributed by atoms with Crippen LogP contribution in [0.3, 0.4) is 0 Å². The van der Waals surface area contributed by atoms with Crippen LogP contribution in [-0.4, -0.2) is 10.2 Å². The SMILES string of the molecule is [c]1ccccc1OCc1cccnn1. The molecular formula is C11H9N2O. The summed E-state index contributed by atoms with van der Waals surface area (Å²) in [6.07, 6.45) is 1.64. The summed E-state index contributed by atoms with van der Waals surface area (Å²) in [6, 6.07) is 14.1. The van der Waals surface area contributed by atoms with Crippen molar-refractivity contribution in [3.05, 3.63) is 54.4 Å². The zero-order valence-electron chi connectivity index (χ0n) is 7.55. The quantitative estimate of drug-likeness (QED) is 0.732. The van der Waals surface area contributed by atoms with Gasteiger partial charge in [-0.15, -0.1) is 0 Å². The molecule has 1 aromatic heterocycles. The molecule has 0 amide bonds. The topological polar surface area (TPSA) is 35.0 Å². The number of hydrogen-bond donors (Lipinski definition) is 0. The van der Waals surface area contributed by atoms with Gasteiger partial charge in [0.15, 0.2) is 0 Å². The molecule has 3 heteroatoms. The second kappa shape index (κ2) is 4.37. The molecule has 0 spiro atoms. The second-order valence-electron chi connectivity index (χ2n) is 2.73. The van der Waals surface area contributed by atoms with E-state index in [0.29, 0.717) is 6.61 Å². The van der Waals surface area contributed by atoms with Crippen LogP contribution in [0.25, 0.3) is 0 Å². The van der Waals surface area contributed by atoms with Crippen LogP contribution >= 0.6 is 0 Å². The fraction of sp³-hybridized carbons (Fsp3) is 0.0909. The first-order valence-electron chi connectivity index (χ1n) is 4.31. The molecule has 0 aliphatic heterocycles. The van der Waals surface area contributed by atoms with E-state index in [0.717, 1.165) is 11.4 Å². The minimum atomic E-state index is 0.425. The maximum absolute atomic E-state index is 5.43. The lowest BCUT2D eigenvalue weighted by Crippen LogP contribution is -1.98. The predicted octanol–water partition coefficient (Wildman–Crippen LogP) is 1.86. The highest BCUT2D eigenvalue weighted by Crippen LogP contribution is 2.08. The Kier molecular flexibility index (Phi) is 2.71. The third-order valence-corrected chi connectivity index (χ3v) is 1.68. The van der Waals surface area contributed by atoms with E-state index in [2.05, 4.69) is 16.3 Å². The first-order chi connectivity index (χ1) is 6.95. The number of nitrogens with zero attached hydrogens (tertiary/aromatic N) is 2. The molecule has 1 heterocycles. The van der Waals surface area contributed by atoms with Crippen LogP contribution in [0.2, 0.25) is 0 Å². The fourth-order valence-corrected chi connectivity index (χ4v) is 1.03. The Morgan fingerprint density at radius 1 is 1.21 bits per heavy atom. The molecule has 0 saturated carbocycles. The number of aromatic nitrogens is 2. The average molecular weight is 185 g/mol. The van der Waals surface area contributed by atoms with Gasteiger partial charge in [0, 0.05) is 12.3 Å². The van der Waals surface area contributed by atoms with Crippen molar-refractivity contribution in [3.63, 3.8) is 0 Å². The van der Waals surface area contributed by atoms with Gasteiger partial charge in [-0.1, -0.05) is 18.2 Å². The first-order valence-corrected chi connectivity index (χ1v) is 4.31. The molecular weight excluding hydrogens is 176 g/mol. The van der Waals surface area contributed by atoms with Crippen LogP contribution in [0, 0.1) is 6.07 Å². The molecule has 14 heavy (non-hydrogen) atoms. The third-order valence-electron chi connectivity index (χ3n) is 1.68. The summed E-state index contributed by atoms with van der Waals surface area (Å²) >= 11 is 0. The Hall–Kier alpha value is -1.90. The van der Waals surface area contributed by atoms with E-state index in [1.807, 2.05) is 36.4 Å². The molecule has 0 saturated heterocycles. The summed E-state index contributed by atoms with van der Waals surface area (Å²) in [4.78, 5) is 0. The second-order valence-corrected chi connectivity index (χ2v) is 2.73. The summed E-state index contributed by atoms with van der Waals surface area (Å²) in [5.74, 6) is 0.721. The Morgan fingerprint density at radius 3 is 2.93 bits per heavy atom. The van der Waals surface area contributed by atoms with E-state index in [-0.39, 0.29) is 0 Å². The highest BCUT2D eigenvalue weighted by molar-refractivity contribution is 5.19. The summed E-state index contributed by atoms with van der Waals surface area (Å²) < 4.78 is 5.43. The van der Waals surface area contributed by atoms with Gasteiger partial charge in [-0.05, 0) is 18.2 Å². The third kappa shape index (κ3) is 2.29. The van der Waals surface area contributed by atoms with Crippen molar-refractivity contribution >= 4 is 0 Å². The normalized spacial score (nSPS) is 9.71. The minimum Gasteiger partial charge on any atom is -0.487 e. The lowest BCUT2D eigenvalue weighted by atomic mass is 10.3. The first kappa shape index (κ1) is 8.69. The van der Waals surface area contributed by atoms with Gasteiger partial charge in [0.05, 0.1) is 0 Å². The van der Waals surface area contributed by atoms with Gasteiger partial charge >= 0.3 is 0 Å². The number of benzene rings is 1. The van der Waals surface area contributed by atoms with Crippen molar-refractivity contribution in [2.45, 2.75) is 6.61 Å². The van der Waals surface area contributed by atoms with E-state index in [4.69, 9.17) is 4.74 Å². The summed E-state index contributed by atoms with van der Waals surface area (Å²) in [7, 11) is 0. The Bertz CT molecular complexity index is 336. The van der Waals surface area contributed by atoms with Gasteiger partial charge in [-0.25, -0.2) is 0 Å². The van der Waals surface area contributed by atoms with Crippen molar-refractivity contribution in [2.75, 3.05) is 0 Å². The Morgan fingerprint density at radius 2 is 2.21 bits per heavy atom. The maximum Gasteiger partial charge on any atom is 0.132 e. The number of hydrogen-bond acceptors (Lipinski definition) is 3. The molecule has 3 nitrogen and oxygen atoms in total. The van der Waals surface area contributed by atoms with Crippen molar-refractivity contribution < 1.29 is 4.74 Å². The largest absolute Gasteiger partial charge is 0.487 e. The van der Waals surface area contributed by atoms with Crippen molar-refractivity contribution in [2.24, 2.45) is 0 Å². The standard InChI is InChI=1S/C11H9N2O/c1-2-6-11(7-3-1)14-9-10-5-4-8-12-13-10/h1-6,8H,9H2. The van der Waals surface area contributed by atoms with Gasteiger partial charge < -0.3 is 4.74 Å². The van der Waals surface area contributed by atoms with Crippen LogP contribution < -0.4 is 4.74 Å². The van der Waals surface area contributed by atoms with Gasteiger partial charge in [0.25, 0.3) is 0 Å². The van der Waals surface area contributed by atoms with E-state index >= 15 is 0 Å². The zero-order chi connectivity index (χ0) is 9.64. The summed E-state index contributed by atoms with van der Waals surface area (Å²) in [5.41, 5.74) is 0.810. The molecule has 1 aromatic carbocycles. The number of rotatable bonds is 3. The maximum atomic E-state index is 5.43. The molecule has 0 unspecified atom stereocenters. The molecule has 0 atom stereocenters.